The highest BCUT2D eigenvalue weighted by atomic mass is 32.2. The third-order valence-corrected chi connectivity index (χ3v) is 5.63. The summed E-state index contributed by atoms with van der Waals surface area (Å²) >= 11 is 1.69. The van der Waals surface area contributed by atoms with Gasteiger partial charge in [-0.2, -0.15) is 0 Å². The van der Waals surface area contributed by atoms with Crippen LogP contribution in [-0.2, 0) is 0 Å². The number of allylic oxidation sites excluding steroid dienone is 1. The lowest BCUT2D eigenvalue weighted by Crippen LogP contribution is -2.04. The van der Waals surface area contributed by atoms with Gasteiger partial charge in [0.1, 0.15) is 0 Å². The summed E-state index contributed by atoms with van der Waals surface area (Å²) in [5, 5.41) is 3.50. The molecule has 30 heavy (non-hydrogen) atoms. The first kappa shape index (κ1) is 19.7. The summed E-state index contributed by atoms with van der Waals surface area (Å²) in [4.78, 5) is 15.1. The number of rotatable bonds is 7. The van der Waals surface area contributed by atoms with Crippen molar-refractivity contribution in [3.8, 4) is 0 Å². The molecule has 0 aliphatic carbocycles. The molecule has 0 aliphatic heterocycles. The lowest BCUT2D eigenvalue weighted by Gasteiger charge is -2.15. The Morgan fingerprint density at radius 2 is 1.17 bits per heavy atom. The minimum atomic E-state index is -0.0323. The Hall–Kier alpha value is -3.56. The van der Waals surface area contributed by atoms with E-state index in [1.807, 2.05) is 97.1 Å². The molecule has 1 N–H and O–H groups in total. The monoisotopic (exact) mass is 407 g/mol. The predicted molar refractivity (Wildman–Crippen MR) is 126 cm³/mol. The molecule has 146 valence electrons. The molecule has 0 saturated heterocycles. The van der Waals surface area contributed by atoms with E-state index in [0.29, 0.717) is 5.56 Å². The zero-order chi connectivity index (χ0) is 20.6. The maximum Gasteiger partial charge on any atom is 0.187 e. The molecule has 4 aromatic carbocycles. The number of hydrogen-bond acceptors (Lipinski definition) is 3. The second-order valence-corrected chi connectivity index (χ2v) is 7.81. The Balaban J connectivity index is 1.68. The van der Waals surface area contributed by atoms with Gasteiger partial charge >= 0.3 is 0 Å². The van der Waals surface area contributed by atoms with E-state index >= 15 is 0 Å². The fourth-order valence-corrected chi connectivity index (χ4v) is 3.97. The van der Waals surface area contributed by atoms with E-state index in [-0.39, 0.29) is 5.78 Å². The molecule has 0 unspecified atom stereocenters. The molecule has 0 saturated carbocycles. The van der Waals surface area contributed by atoms with Crippen LogP contribution in [0.25, 0.3) is 5.70 Å². The maximum atomic E-state index is 12.9. The van der Waals surface area contributed by atoms with Crippen LogP contribution in [0.5, 0.6) is 0 Å². The SMILES string of the molecule is O=C(/C=C(\Nc1ccccc1Sc1ccccc1)c1ccccc1)c1ccccc1. The molecule has 0 fully saturated rings. The Morgan fingerprint density at radius 3 is 1.83 bits per heavy atom. The molecule has 3 heteroatoms. The van der Waals surface area contributed by atoms with Crippen molar-refractivity contribution in [1.29, 1.82) is 0 Å². The van der Waals surface area contributed by atoms with E-state index < -0.39 is 0 Å². The second kappa shape index (κ2) is 9.77. The summed E-state index contributed by atoms with van der Waals surface area (Å²) in [6, 6.07) is 37.7. The minimum absolute atomic E-state index is 0.0323. The van der Waals surface area contributed by atoms with E-state index in [1.165, 1.54) is 0 Å². The van der Waals surface area contributed by atoms with Crippen molar-refractivity contribution >= 4 is 28.9 Å². The average molecular weight is 408 g/mol. The standard InChI is InChI=1S/C27H21NOS/c29-26(22-14-6-2-7-15-22)20-25(21-12-4-1-5-13-21)28-24-18-10-11-19-27(24)30-23-16-8-3-9-17-23/h1-20,28H/b25-20-. The number of anilines is 1. The summed E-state index contributed by atoms with van der Waals surface area (Å²) in [7, 11) is 0. The number of hydrogen-bond donors (Lipinski definition) is 1. The Bertz CT molecular complexity index is 1140. The van der Waals surface area contributed by atoms with Gasteiger partial charge in [0.15, 0.2) is 5.78 Å². The Labute approximate surface area is 181 Å². The summed E-state index contributed by atoms with van der Waals surface area (Å²) in [6.45, 7) is 0. The molecule has 0 amide bonds. The van der Waals surface area contributed by atoms with Crippen LogP contribution in [0.2, 0.25) is 0 Å². The molecular weight excluding hydrogens is 386 g/mol. The fraction of sp³-hybridized carbons (Fsp3) is 0. The topological polar surface area (TPSA) is 29.1 Å². The Kier molecular flexibility index (Phi) is 6.43. The first-order valence-corrected chi connectivity index (χ1v) is 10.6. The fourth-order valence-electron chi connectivity index (χ4n) is 3.05. The molecule has 0 aliphatic rings. The number of ketones is 1. The number of benzene rings is 4. The van der Waals surface area contributed by atoms with Gasteiger partial charge in [-0.15, -0.1) is 0 Å². The molecule has 4 aromatic rings. The van der Waals surface area contributed by atoms with Crippen molar-refractivity contribution in [2.24, 2.45) is 0 Å². The minimum Gasteiger partial charge on any atom is -0.354 e. The third-order valence-electron chi connectivity index (χ3n) is 4.55. The van der Waals surface area contributed by atoms with Crippen molar-refractivity contribution in [3.63, 3.8) is 0 Å². The third kappa shape index (κ3) is 5.07. The number of nitrogens with one attached hydrogen (secondary N) is 1. The summed E-state index contributed by atoms with van der Waals surface area (Å²) in [6.07, 6.45) is 1.68. The van der Waals surface area contributed by atoms with Gasteiger partial charge in [-0.25, -0.2) is 0 Å². The van der Waals surface area contributed by atoms with Crippen LogP contribution in [0.4, 0.5) is 5.69 Å². The summed E-state index contributed by atoms with van der Waals surface area (Å²) in [5.74, 6) is -0.0323. The summed E-state index contributed by atoms with van der Waals surface area (Å²) in [5.41, 5.74) is 3.36. The zero-order valence-electron chi connectivity index (χ0n) is 16.4. The van der Waals surface area contributed by atoms with Gasteiger partial charge in [0.25, 0.3) is 0 Å². The smallest absolute Gasteiger partial charge is 0.187 e. The van der Waals surface area contributed by atoms with E-state index in [1.54, 1.807) is 17.8 Å². The van der Waals surface area contributed by atoms with Crippen molar-refractivity contribution in [2.45, 2.75) is 9.79 Å². The van der Waals surface area contributed by atoms with Crippen LogP contribution in [0.1, 0.15) is 15.9 Å². The first-order chi connectivity index (χ1) is 14.8. The number of carbonyl (C=O) groups excluding carboxylic acids is 1. The highest BCUT2D eigenvalue weighted by Gasteiger charge is 2.10. The molecule has 2 nitrogen and oxygen atoms in total. The van der Waals surface area contributed by atoms with Crippen molar-refractivity contribution in [3.05, 3.63) is 132 Å². The van der Waals surface area contributed by atoms with E-state index in [4.69, 9.17) is 0 Å². The van der Waals surface area contributed by atoms with Crippen LogP contribution in [-0.4, -0.2) is 5.78 Å². The quantitative estimate of drug-likeness (QED) is 0.260. The van der Waals surface area contributed by atoms with Crippen molar-refractivity contribution in [1.82, 2.24) is 0 Å². The lowest BCUT2D eigenvalue weighted by atomic mass is 10.1. The lowest BCUT2D eigenvalue weighted by molar-refractivity contribution is 0.104. The Morgan fingerprint density at radius 1 is 0.633 bits per heavy atom. The van der Waals surface area contributed by atoms with Gasteiger partial charge in [-0.05, 0) is 29.8 Å². The highest BCUT2D eigenvalue weighted by Crippen LogP contribution is 2.34. The molecule has 0 radical (unpaired) electrons. The molecule has 0 heterocycles. The normalized spacial score (nSPS) is 11.1. The second-order valence-electron chi connectivity index (χ2n) is 6.69. The summed E-state index contributed by atoms with van der Waals surface area (Å²) < 4.78 is 0. The first-order valence-electron chi connectivity index (χ1n) is 9.75. The maximum absolute atomic E-state index is 12.9. The van der Waals surface area contributed by atoms with Crippen LogP contribution in [0.15, 0.2) is 131 Å². The van der Waals surface area contributed by atoms with Crippen LogP contribution in [0.3, 0.4) is 0 Å². The van der Waals surface area contributed by atoms with Gasteiger partial charge in [0.05, 0.1) is 5.69 Å². The van der Waals surface area contributed by atoms with Gasteiger partial charge in [-0.1, -0.05) is 103 Å². The average Bonchev–Trinajstić information content (AvgIpc) is 2.81. The van der Waals surface area contributed by atoms with E-state index in [0.717, 1.165) is 26.7 Å². The van der Waals surface area contributed by atoms with Gasteiger partial charge < -0.3 is 5.32 Å². The number of carbonyl (C=O) groups is 1. The molecule has 4 rings (SSSR count). The van der Waals surface area contributed by atoms with Crippen molar-refractivity contribution < 1.29 is 4.79 Å². The highest BCUT2D eigenvalue weighted by molar-refractivity contribution is 7.99. The molecule has 0 bridgehead atoms. The van der Waals surface area contributed by atoms with E-state index in [9.17, 15) is 4.79 Å². The van der Waals surface area contributed by atoms with Crippen molar-refractivity contribution in [2.75, 3.05) is 5.32 Å². The number of para-hydroxylation sites is 1. The molecule has 0 spiro atoms. The van der Waals surface area contributed by atoms with E-state index in [2.05, 4.69) is 23.5 Å². The van der Waals surface area contributed by atoms with Crippen LogP contribution in [0, 0.1) is 0 Å². The zero-order valence-corrected chi connectivity index (χ0v) is 17.2. The predicted octanol–water partition coefficient (Wildman–Crippen LogP) is 7.17. The molecule has 0 aromatic heterocycles. The van der Waals surface area contributed by atoms with Crippen LogP contribution >= 0.6 is 11.8 Å². The largest absolute Gasteiger partial charge is 0.354 e. The van der Waals surface area contributed by atoms with Crippen LogP contribution < -0.4 is 5.32 Å². The van der Waals surface area contributed by atoms with Gasteiger partial charge in [0.2, 0.25) is 0 Å². The molecule has 0 atom stereocenters. The molecular formula is C27H21NOS. The van der Waals surface area contributed by atoms with Gasteiger partial charge in [-0.3, -0.25) is 4.79 Å². The van der Waals surface area contributed by atoms with Gasteiger partial charge in [0, 0.05) is 27.1 Å².